The second-order valence-electron chi connectivity index (χ2n) is 9.43. The summed E-state index contributed by atoms with van der Waals surface area (Å²) >= 11 is 0. The lowest BCUT2D eigenvalue weighted by molar-refractivity contribution is -0.149. The molecule has 1 aliphatic heterocycles. The first-order valence-corrected chi connectivity index (χ1v) is 12.6. The van der Waals surface area contributed by atoms with Crippen LogP contribution in [-0.4, -0.2) is 63.7 Å². The molecule has 13 nitrogen and oxygen atoms in total. The molecule has 0 bridgehead atoms. The summed E-state index contributed by atoms with van der Waals surface area (Å²) in [6, 6.07) is 0.904. The Bertz CT molecular complexity index is 1260. The zero-order valence-corrected chi connectivity index (χ0v) is 21.8. The van der Waals surface area contributed by atoms with Crippen LogP contribution in [0, 0.1) is 5.92 Å². The molecule has 0 radical (unpaired) electrons. The maximum atomic E-state index is 12.9. The Morgan fingerprint density at radius 1 is 1.05 bits per heavy atom. The van der Waals surface area contributed by atoms with Gasteiger partial charge in [0, 0.05) is 49.3 Å². The Morgan fingerprint density at radius 2 is 1.75 bits per heavy atom. The van der Waals surface area contributed by atoms with E-state index in [1.165, 1.54) is 37.5 Å². The Labute approximate surface area is 229 Å². The number of nitrogens with two attached hydrogens (primary N) is 1. The number of hydrogen-bond acceptors (Lipinski definition) is 9. The molecule has 2 heterocycles. The van der Waals surface area contributed by atoms with Crippen LogP contribution >= 0.6 is 0 Å². The average molecular weight is 554 g/mol. The van der Waals surface area contributed by atoms with E-state index >= 15 is 0 Å². The molecule has 40 heavy (non-hydrogen) atoms. The van der Waals surface area contributed by atoms with E-state index in [9.17, 15) is 33.9 Å². The van der Waals surface area contributed by atoms with E-state index in [4.69, 9.17) is 10.5 Å². The van der Waals surface area contributed by atoms with Crippen molar-refractivity contribution < 1.29 is 38.6 Å². The number of allylic oxidation sites excluding steroid dienone is 1. The van der Waals surface area contributed by atoms with Gasteiger partial charge >= 0.3 is 5.97 Å². The summed E-state index contributed by atoms with van der Waals surface area (Å²) in [5.74, 6) is -4.57. The van der Waals surface area contributed by atoms with Crippen molar-refractivity contribution in [2.45, 2.75) is 57.2 Å². The maximum absolute atomic E-state index is 12.9. The Balaban J connectivity index is 1.48. The number of ketones is 1. The number of fused-ring (bicyclic) bond motifs is 1. The van der Waals surface area contributed by atoms with E-state index in [0.717, 1.165) is 0 Å². The monoisotopic (exact) mass is 553 g/mol. The van der Waals surface area contributed by atoms with Gasteiger partial charge in [-0.3, -0.25) is 29.0 Å². The second kappa shape index (κ2) is 13.8. The molecule has 2 unspecified atom stereocenters. The molecule has 0 spiro atoms. The lowest BCUT2D eigenvalue weighted by Gasteiger charge is -2.28. The third kappa shape index (κ3) is 8.89. The number of hydrogen-bond donors (Lipinski definition) is 5. The zero-order chi connectivity index (χ0) is 29.2. The summed E-state index contributed by atoms with van der Waals surface area (Å²) in [7, 11) is 0. The topological polar surface area (TPSA) is 207 Å². The van der Waals surface area contributed by atoms with Gasteiger partial charge in [-0.15, -0.1) is 0 Å². The highest BCUT2D eigenvalue weighted by Crippen LogP contribution is 2.23. The molecule has 1 aromatic heterocycles. The third-order valence-electron chi connectivity index (χ3n) is 6.11. The van der Waals surface area contributed by atoms with Gasteiger partial charge in [-0.25, -0.2) is 4.79 Å². The van der Waals surface area contributed by atoms with E-state index in [1.807, 2.05) is 0 Å². The van der Waals surface area contributed by atoms with Crippen molar-refractivity contribution in [3.63, 3.8) is 0 Å². The van der Waals surface area contributed by atoms with Crippen LogP contribution in [0.5, 0.6) is 0 Å². The highest BCUT2D eigenvalue weighted by Gasteiger charge is 2.33. The minimum atomic E-state index is -1.25. The van der Waals surface area contributed by atoms with E-state index < -0.39 is 60.0 Å². The number of anilines is 1. The summed E-state index contributed by atoms with van der Waals surface area (Å²) in [6.45, 7) is 1.46. The fourth-order valence-electron chi connectivity index (χ4n) is 4.01. The van der Waals surface area contributed by atoms with Crippen LogP contribution in [0.3, 0.4) is 0 Å². The average Bonchev–Trinajstić information content (AvgIpc) is 2.89. The number of primary amides is 1. The number of Topliss-reactive ketones (excluding diaryl/α,β-unsaturated/α-hetero) is 1. The number of ether oxygens (including phenoxy) is 1. The van der Waals surface area contributed by atoms with Gasteiger partial charge in [0.15, 0.2) is 5.78 Å². The molecular formula is C27H31N5O8. The molecule has 4 amide bonds. The Morgan fingerprint density at radius 3 is 2.45 bits per heavy atom. The lowest BCUT2D eigenvalue weighted by atomic mass is 9.95. The van der Waals surface area contributed by atoms with Crippen LogP contribution < -0.4 is 21.7 Å². The molecule has 1 aromatic rings. The molecule has 6 N–H and O–H groups in total. The Kier molecular flexibility index (Phi) is 10.3. The van der Waals surface area contributed by atoms with E-state index in [-0.39, 0.29) is 37.3 Å². The predicted molar refractivity (Wildman–Crippen MR) is 141 cm³/mol. The quantitative estimate of drug-likeness (QED) is 0.215. The van der Waals surface area contributed by atoms with Crippen molar-refractivity contribution >= 4 is 41.1 Å². The van der Waals surface area contributed by atoms with Crippen molar-refractivity contribution in [1.29, 1.82) is 0 Å². The van der Waals surface area contributed by atoms with Crippen LogP contribution in [0.1, 0.15) is 39.0 Å². The van der Waals surface area contributed by atoms with Crippen LogP contribution in [0.15, 0.2) is 60.2 Å². The third-order valence-corrected chi connectivity index (χ3v) is 6.11. The Hall–Kier alpha value is -4.81. The molecule has 3 rings (SSSR count). The highest BCUT2D eigenvalue weighted by atomic mass is 16.5. The number of nitrogens with zero attached hydrogens (tertiary/aromatic N) is 1. The molecule has 13 heteroatoms. The van der Waals surface area contributed by atoms with Gasteiger partial charge in [0.1, 0.15) is 17.9 Å². The van der Waals surface area contributed by atoms with Crippen molar-refractivity contribution in [2.24, 2.45) is 11.7 Å². The summed E-state index contributed by atoms with van der Waals surface area (Å²) in [5, 5.41) is 17.2. The highest BCUT2D eigenvalue weighted by molar-refractivity contribution is 5.96. The smallest absolute Gasteiger partial charge is 0.333 e. The number of nitrogens with one attached hydrogen (secondary N) is 3. The number of rotatable bonds is 13. The van der Waals surface area contributed by atoms with Gasteiger partial charge in [0.05, 0.1) is 12.5 Å². The predicted octanol–water partition coefficient (Wildman–Crippen LogP) is 0.494. The molecule has 212 valence electrons. The standard InChI is InChI=1S/C27H31N5O8/c1-15(26(38)32-20-12-16-5-6-18(33)13-22(16)40-27(20)39)11-21(34)19(14-23(28)35)31-25(37)4-2-3-24(36)30-17-7-9-29-10-8-17/h5-10,12-13,15,19-20,22,33H,2-4,11,14H2,1H3,(H2,28,35)(H,31,37)(H,32,38)(H,29,30,36)/t15-,19-,20?,22?/m1/s1. The number of aromatic nitrogens is 1. The summed E-state index contributed by atoms with van der Waals surface area (Å²) < 4.78 is 5.23. The molecule has 1 aliphatic carbocycles. The van der Waals surface area contributed by atoms with Gasteiger partial charge in [-0.2, -0.15) is 0 Å². The van der Waals surface area contributed by atoms with Crippen LogP contribution in [0.4, 0.5) is 5.69 Å². The van der Waals surface area contributed by atoms with Gasteiger partial charge in [0.2, 0.25) is 23.6 Å². The van der Waals surface area contributed by atoms with Crippen molar-refractivity contribution in [2.75, 3.05) is 5.32 Å². The van der Waals surface area contributed by atoms with Crippen molar-refractivity contribution in [3.05, 3.63) is 60.2 Å². The second-order valence-corrected chi connectivity index (χ2v) is 9.43. The first kappa shape index (κ1) is 29.7. The first-order valence-electron chi connectivity index (χ1n) is 12.6. The summed E-state index contributed by atoms with van der Waals surface area (Å²) in [6.07, 6.45) is 7.50. The minimum Gasteiger partial charge on any atom is -0.508 e. The maximum Gasteiger partial charge on any atom is 0.333 e. The SMILES string of the molecule is C[C@H](CC(=O)[C@@H](CC(N)=O)NC(=O)CCCC(=O)Nc1ccncc1)C(=O)NC1C=C2C=CC(O)=CC2OC1=O. The van der Waals surface area contributed by atoms with Gasteiger partial charge in [-0.1, -0.05) is 13.0 Å². The zero-order valence-electron chi connectivity index (χ0n) is 21.8. The summed E-state index contributed by atoms with van der Waals surface area (Å²) in [4.78, 5) is 77.7. The molecule has 0 aromatic carbocycles. The number of amides is 4. The van der Waals surface area contributed by atoms with E-state index in [2.05, 4.69) is 20.9 Å². The number of esters is 1. The molecule has 0 fully saturated rings. The minimum absolute atomic E-state index is 0.0475. The number of carbonyl (C=O) groups excluding carboxylic acids is 6. The number of aliphatic hydroxyl groups is 1. The van der Waals surface area contributed by atoms with Gasteiger partial charge in [-0.05, 0) is 36.3 Å². The molecule has 4 atom stereocenters. The molecule has 2 aliphatic rings. The van der Waals surface area contributed by atoms with Crippen molar-refractivity contribution in [3.8, 4) is 0 Å². The van der Waals surface area contributed by atoms with Crippen LogP contribution in [-0.2, 0) is 33.5 Å². The first-order chi connectivity index (χ1) is 19.0. The molecular weight excluding hydrogens is 522 g/mol. The van der Waals surface area contributed by atoms with Gasteiger partial charge < -0.3 is 31.5 Å². The van der Waals surface area contributed by atoms with Crippen molar-refractivity contribution in [1.82, 2.24) is 15.6 Å². The normalized spacial score (nSPS) is 19.1. The fourth-order valence-corrected chi connectivity index (χ4v) is 4.01. The number of pyridine rings is 1. The van der Waals surface area contributed by atoms with E-state index in [1.54, 1.807) is 18.2 Å². The van der Waals surface area contributed by atoms with E-state index in [0.29, 0.717) is 11.3 Å². The largest absolute Gasteiger partial charge is 0.508 e. The number of carbonyl (C=O) groups is 6. The summed E-state index contributed by atoms with van der Waals surface area (Å²) in [5.41, 5.74) is 6.39. The van der Waals surface area contributed by atoms with Crippen LogP contribution in [0.2, 0.25) is 0 Å². The molecule has 0 saturated heterocycles. The van der Waals surface area contributed by atoms with Gasteiger partial charge in [0.25, 0.3) is 0 Å². The fraction of sp³-hybridized carbons (Fsp3) is 0.370. The lowest BCUT2D eigenvalue weighted by Crippen LogP contribution is -2.48. The number of aliphatic hydroxyl groups excluding tert-OH is 1. The molecule has 0 saturated carbocycles. The van der Waals surface area contributed by atoms with Crippen LogP contribution in [0.25, 0.3) is 0 Å².